The predicted octanol–water partition coefficient (Wildman–Crippen LogP) is 0.758. The highest BCUT2D eigenvalue weighted by atomic mass is 16.4. The van der Waals surface area contributed by atoms with Crippen molar-refractivity contribution in [3.8, 4) is 0 Å². The van der Waals surface area contributed by atoms with Crippen LogP contribution in [0.3, 0.4) is 0 Å². The van der Waals surface area contributed by atoms with Crippen LogP contribution >= 0.6 is 0 Å². The Labute approximate surface area is 118 Å². The second-order valence-electron chi connectivity index (χ2n) is 5.96. The minimum Gasteiger partial charge on any atom is -0.480 e. The minimum atomic E-state index is -1.20. The molecule has 0 aromatic heterocycles. The van der Waals surface area contributed by atoms with Gasteiger partial charge in [-0.1, -0.05) is 6.42 Å². The minimum absolute atomic E-state index is 0.00350. The zero-order chi connectivity index (χ0) is 14.8. The van der Waals surface area contributed by atoms with Gasteiger partial charge in [0.25, 0.3) is 0 Å². The van der Waals surface area contributed by atoms with E-state index in [0.29, 0.717) is 13.0 Å². The summed E-state index contributed by atoms with van der Waals surface area (Å²) in [6.45, 7) is 2.10. The lowest BCUT2D eigenvalue weighted by Gasteiger charge is -2.28. The smallest absolute Gasteiger partial charge is 0.329 e. The van der Waals surface area contributed by atoms with Gasteiger partial charge in [0.15, 0.2) is 0 Å². The van der Waals surface area contributed by atoms with Crippen molar-refractivity contribution in [2.75, 3.05) is 13.1 Å². The Morgan fingerprint density at radius 2 is 2.05 bits per heavy atom. The molecule has 2 N–H and O–H groups in total. The van der Waals surface area contributed by atoms with E-state index in [9.17, 15) is 19.5 Å². The second-order valence-corrected chi connectivity index (χ2v) is 5.96. The maximum Gasteiger partial charge on any atom is 0.329 e. The SMILES string of the molecule is CC(NC(=O)CN1CCCCCC1=O)(C(=O)O)C1CC1. The van der Waals surface area contributed by atoms with Crippen LogP contribution < -0.4 is 5.32 Å². The molecule has 1 atom stereocenters. The van der Waals surface area contributed by atoms with Crippen molar-refractivity contribution >= 4 is 17.8 Å². The van der Waals surface area contributed by atoms with Gasteiger partial charge >= 0.3 is 5.97 Å². The lowest BCUT2D eigenvalue weighted by molar-refractivity contribution is -0.148. The Kier molecular flexibility index (Phi) is 4.30. The fraction of sp³-hybridized carbons (Fsp3) is 0.786. The van der Waals surface area contributed by atoms with E-state index in [-0.39, 0.29) is 24.3 Å². The normalized spacial score (nSPS) is 22.9. The predicted molar refractivity (Wildman–Crippen MR) is 72.0 cm³/mol. The molecule has 0 aromatic carbocycles. The van der Waals surface area contributed by atoms with Crippen molar-refractivity contribution in [3.05, 3.63) is 0 Å². The average Bonchev–Trinajstić information content (AvgIpc) is 3.19. The van der Waals surface area contributed by atoms with E-state index >= 15 is 0 Å². The number of hydrogen-bond donors (Lipinski definition) is 2. The molecule has 1 heterocycles. The Morgan fingerprint density at radius 3 is 2.65 bits per heavy atom. The van der Waals surface area contributed by atoms with Gasteiger partial charge in [-0.25, -0.2) is 4.79 Å². The molecular weight excluding hydrogens is 260 g/mol. The average molecular weight is 282 g/mol. The maximum absolute atomic E-state index is 12.1. The van der Waals surface area contributed by atoms with Gasteiger partial charge < -0.3 is 15.3 Å². The quantitative estimate of drug-likeness (QED) is 0.779. The molecule has 6 heteroatoms. The highest BCUT2D eigenvalue weighted by Gasteiger charge is 2.48. The Balaban J connectivity index is 1.93. The van der Waals surface area contributed by atoms with Gasteiger partial charge in [-0.05, 0) is 38.5 Å². The van der Waals surface area contributed by atoms with Crippen LogP contribution in [0.25, 0.3) is 0 Å². The molecule has 2 rings (SSSR count). The number of carboxylic acids is 1. The highest BCUT2D eigenvalue weighted by molar-refractivity contribution is 5.90. The standard InChI is InChI=1S/C14H22N2O4/c1-14(13(19)20,10-6-7-10)15-11(17)9-16-8-4-2-3-5-12(16)18/h10H,2-9H2,1H3,(H,15,17)(H,19,20). The first kappa shape index (κ1) is 14.8. The zero-order valence-electron chi connectivity index (χ0n) is 11.9. The first-order chi connectivity index (χ1) is 9.43. The molecule has 2 fully saturated rings. The number of carboxylic acid groups (broad SMARTS) is 1. The molecule has 1 unspecified atom stereocenters. The molecular formula is C14H22N2O4. The molecule has 6 nitrogen and oxygen atoms in total. The van der Waals surface area contributed by atoms with Crippen molar-refractivity contribution < 1.29 is 19.5 Å². The molecule has 112 valence electrons. The Morgan fingerprint density at radius 1 is 1.35 bits per heavy atom. The molecule has 2 amide bonds. The number of rotatable bonds is 5. The number of carbonyl (C=O) groups excluding carboxylic acids is 2. The van der Waals surface area contributed by atoms with Gasteiger partial charge in [-0.3, -0.25) is 9.59 Å². The van der Waals surface area contributed by atoms with E-state index in [0.717, 1.165) is 32.1 Å². The molecule has 0 aromatic rings. The molecule has 0 bridgehead atoms. The third-order valence-electron chi connectivity index (χ3n) is 4.24. The van der Waals surface area contributed by atoms with E-state index in [1.165, 1.54) is 4.90 Å². The highest BCUT2D eigenvalue weighted by Crippen LogP contribution is 2.39. The first-order valence-corrected chi connectivity index (χ1v) is 7.25. The van der Waals surface area contributed by atoms with E-state index in [2.05, 4.69) is 5.32 Å². The fourth-order valence-electron chi connectivity index (χ4n) is 2.70. The van der Waals surface area contributed by atoms with Gasteiger partial charge in [0.05, 0.1) is 6.54 Å². The molecule has 1 aliphatic heterocycles. The summed E-state index contributed by atoms with van der Waals surface area (Å²) in [7, 11) is 0. The number of amides is 2. The lowest BCUT2D eigenvalue weighted by Crippen LogP contribution is -2.56. The summed E-state index contributed by atoms with van der Waals surface area (Å²) >= 11 is 0. The van der Waals surface area contributed by atoms with Crippen LogP contribution in [-0.2, 0) is 14.4 Å². The monoisotopic (exact) mass is 282 g/mol. The second kappa shape index (κ2) is 5.81. The number of nitrogens with zero attached hydrogens (tertiary/aromatic N) is 1. The van der Waals surface area contributed by atoms with Crippen LogP contribution in [-0.4, -0.2) is 46.4 Å². The third kappa shape index (κ3) is 3.29. The van der Waals surface area contributed by atoms with Crippen LogP contribution in [0.1, 0.15) is 45.4 Å². The molecule has 1 saturated heterocycles. The number of nitrogens with one attached hydrogen (secondary N) is 1. The largest absolute Gasteiger partial charge is 0.480 e. The summed E-state index contributed by atoms with van der Waals surface area (Å²) < 4.78 is 0. The van der Waals surface area contributed by atoms with Crippen molar-refractivity contribution in [1.82, 2.24) is 10.2 Å². The Bertz CT molecular complexity index is 419. The van der Waals surface area contributed by atoms with Crippen molar-refractivity contribution in [3.63, 3.8) is 0 Å². The van der Waals surface area contributed by atoms with Crippen LogP contribution in [0.4, 0.5) is 0 Å². The van der Waals surface area contributed by atoms with Gasteiger partial charge in [0, 0.05) is 13.0 Å². The topological polar surface area (TPSA) is 86.7 Å². The molecule has 0 radical (unpaired) electrons. The van der Waals surface area contributed by atoms with Crippen LogP contribution in [0.2, 0.25) is 0 Å². The van der Waals surface area contributed by atoms with Gasteiger partial charge in [-0.2, -0.15) is 0 Å². The van der Waals surface area contributed by atoms with Crippen molar-refractivity contribution in [2.45, 2.75) is 51.0 Å². The fourth-order valence-corrected chi connectivity index (χ4v) is 2.70. The molecule has 0 spiro atoms. The zero-order valence-corrected chi connectivity index (χ0v) is 11.9. The summed E-state index contributed by atoms with van der Waals surface area (Å²) in [5.41, 5.74) is -1.20. The molecule has 1 saturated carbocycles. The van der Waals surface area contributed by atoms with Crippen LogP contribution in [0.15, 0.2) is 0 Å². The van der Waals surface area contributed by atoms with E-state index < -0.39 is 11.5 Å². The number of likely N-dealkylation sites (tertiary alicyclic amines) is 1. The summed E-state index contributed by atoms with van der Waals surface area (Å²) in [6, 6.07) is 0. The summed E-state index contributed by atoms with van der Waals surface area (Å²) in [5.74, 6) is -1.39. The third-order valence-corrected chi connectivity index (χ3v) is 4.24. The van der Waals surface area contributed by atoms with Gasteiger partial charge in [0.1, 0.15) is 5.54 Å². The molecule has 20 heavy (non-hydrogen) atoms. The number of hydrogen-bond acceptors (Lipinski definition) is 3. The summed E-state index contributed by atoms with van der Waals surface area (Å²) in [6.07, 6.45) is 4.89. The summed E-state index contributed by atoms with van der Waals surface area (Å²) in [5, 5.41) is 11.9. The van der Waals surface area contributed by atoms with Crippen LogP contribution in [0, 0.1) is 5.92 Å². The number of aliphatic carboxylic acids is 1. The lowest BCUT2D eigenvalue weighted by atomic mass is 9.96. The summed E-state index contributed by atoms with van der Waals surface area (Å²) in [4.78, 5) is 36.8. The Hall–Kier alpha value is -1.59. The van der Waals surface area contributed by atoms with E-state index in [1.54, 1.807) is 6.92 Å². The van der Waals surface area contributed by atoms with Crippen molar-refractivity contribution in [2.24, 2.45) is 5.92 Å². The molecule has 1 aliphatic carbocycles. The number of carbonyl (C=O) groups is 3. The van der Waals surface area contributed by atoms with Crippen LogP contribution in [0.5, 0.6) is 0 Å². The maximum atomic E-state index is 12.1. The molecule has 2 aliphatic rings. The van der Waals surface area contributed by atoms with Gasteiger partial charge in [-0.15, -0.1) is 0 Å². The van der Waals surface area contributed by atoms with E-state index in [1.807, 2.05) is 0 Å². The van der Waals surface area contributed by atoms with E-state index in [4.69, 9.17) is 0 Å². The first-order valence-electron chi connectivity index (χ1n) is 7.25. The van der Waals surface area contributed by atoms with Crippen molar-refractivity contribution in [1.29, 1.82) is 0 Å². The van der Waals surface area contributed by atoms with Gasteiger partial charge in [0.2, 0.25) is 11.8 Å².